The minimum atomic E-state index is -0.168. The van der Waals surface area contributed by atoms with Crippen molar-refractivity contribution in [2.75, 3.05) is 0 Å². The zero-order chi connectivity index (χ0) is 13.8. The molecule has 4 nitrogen and oxygen atoms in total. The Morgan fingerprint density at radius 3 is 2.89 bits per heavy atom. The van der Waals surface area contributed by atoms with Crippen molar-refractivity contribution in [3.63, 3.8) is 0 Å². The highest BCUT2D eigenvalue weighted by atomic mass is 16.2. The molecule has 1 aromatic heterocycles. The molecule has 4 heteroatoms. The second kappa shape index (κ2) is 6.04. The van der Waals surface area contributed by atoms with Gasteiger partial charge in [0.25, 0.3) is 5.91 Å². The molecule has 0 aliphatic heterocycles. The van der Waals surface area contributed by atoms with Crippen LogP contribution in [0.4, 0.5) is 0 Å². The molecule has 1 aliphatic rings. The molecule has 2 rings (SSSR count). The number of hydrogen-bond acceptors (Lipinski definition) is 2. The van der Waals surface area contributed by atoms with Crippen molar-refractivity contribution in [3.8, 4) is 0 Å². The Hall–Kier alpha value is -1.58. The smallest absolute Gasteiger partial charge is 0.287 e. The fourth-order valence-corrected chi connectivity index (χ4v) is 2.74. The Balaban J connectivity index is 2.04. The molecule has 0 spiro atoms. The van der Waals surface area contributed by atoms with Crippen LogP contribution < -0.4 is 5.43 Å². The number of rotatable bonds is 3. The van der Waals surface area contributed by atoms with Gasteiger partial charge in [-0.3, -0.25) is 4.79 Å². The Morgan fingerprint density at radius 1 is 1.47 bits per heavy atom. The molecule has 0 aromatic carbocycles. The lowest BCUT2D eigenvalue weighted by molar-refractivity contribution is 0.0949. The first-order chi connectivity index (χ1) is 9.08. The predicted octanol–water partition coefficient (Wildman–Crippen LogP) is 3.19. The second-order valence-electron chi connectivity index (χ2n) is 5.87. The topological polar surface area (TPSA) is 57.2 Å². The van der Waals surface area contributed by atoms with Crippen LogP contribution in [-0.4, -0.2) is 16.6 Å². The lowest BCUT2D eigenvalue weighted by Gasteiger charge is -2.30. The van der Waals surface area contributed by atoms with Crippen molar-refractivity contribution in [3.05, 3.63) is 24.0 Å². The van der Waals surface area contributed by atoms with Crippen LogP contribution in [0.15, 0.2) is 23.4 Å². The van der Waals surface area contributed by atoms with E-state index in [9.17, 15) is 4.79 Å². The van der Waals surface area contributed by atoms with Crippen molar-refractivity contribution in [2.45, 2.75) is 40.0 Å². The summed E-state index contributed by atoms with van der Waals surface area (Å²) in [7, 11) is 0. The van der Waals surface area contributed by atoms with E-state index in [-0.39, 0.29) is 5.91 Å². The second-order valence-corrected chi connectivity index (χ2v) is 5.87. The highest BCUT2D eigenvalue weighted by molar-refractivity contribution is 5.94. The highest BCUT2D eigenvalue weighted by Gasteiger charge is 2.27. The van der Waals surface area contributed by atoms with Crippen molar-refractivity contribution in [2.24, 2.45) is 22.9 Å². The summed E-state index contributed by atoms with van der Waals surface area (Å²) in [5.74, 6) is 1.57. The number of hydrogen-bond donors (Lipinski definition) is 2. The van der Waals surface area contributed by atoms with E-state index in [2.05, 4.69) is 36.3 Å². The first-order valence-corrected chi connectivity index (χ1v) is 7.08. The maximum atomic E-state index is 11.9. The molecular formula is C15H23N3O. The molecule has 1 aliphatic carbocycles. The molecule has 1 heterocycles. The van der Waals surface area contributed by atoms with Gasteiger partial charge in [-0.15, -0.1) is 0 Å². The Morgan fingerprint density at radius 2 is 2.26 bits per heavy atom. The SMILES string of the molecule is CC(C)[C@H]1CC[C@@H](C)CC1=NNC(=O)c1ccc[nH]1. The third kappa shape index (κ3) is 3.46. The molecule has 1 aromatic rings. The minimum Gasteiger partial charge on any atom is -0.357 e. The summed E-state index contributed by atoms with van der Waals surface area (Å²) in [4.78, 5) is 14.7. The summed E-state index contributed by atoms with van der Waals surface area (Å²) in [5, 5.41) is 4.39. The standard InChI is InChI=1S/C15H23N3O/c1-10(2)12-7-6-11(3)9-14(12)17-18-15(19)13-5-4-8-16-13/h4-5,8,10-12,16H,6-7,9H2,1-3H3,(H,18,19)/t11-,12-/m1/s1. The Kier molecular flexibility index (Phi) is 4.40. The first-order valence-electron chi connectivity index (χ1n) is 7.08. The molecule has 104 valence electrons. The van der Waals surface area contributed by atoms with E-state index in [1.54, 1.807) is 12.3 Å². The summed E-state index contributed by atoms with van der Waals surface area (Å²) in [6.07, 6.45) is 5.16. The van der Waals surface area contributed by atoms with Crippen LogP contribution >= 0.6 is 0 Å². The van der Waals surface area contributed by atoms with Crippen molar-refractivity contribution < 1.29 is 4.79 Å². The molecule has 1 saturated carbocycles. The van der Waals surface area contributed by atoms with Gasteiger partial charge in [-0.2, -0.15) is 5.10 Å². The number of carbonyl (C=O) groups is 1. The van der Waals surface area contributed by atoms with Gasteiger partial charge in [0.15, 0.2) is 0 Å². The molecule has 0 saturated heterocycles. The van der Waals surface area contributed by atoms with E-state index in [1.807, 2.05) is 6.07 Å². The van der Waals surface area contributed by atoms with Gasteiger partial charge in [0.1, 0.15) is 5.69 Å². The van der Waals surface area contributed by atoms with E-state index in [4.69, 9.17) is 0 Å². The molecule has 0 bridgehead atoms. The van der Waals surface area contributed by atoms with Crippen LogP contribution in [0, 0.1) is 17.8 Å². The minimum absolute atomic E-state index is 0.168. The molecule has 0 unspecified atom stereocenters. The number of amides is 1. The van der Waals surface area contributed by atoms with Crippen molar-refractivity contribution in [1.29, 1.82) is 0 Å². The number of H-pyrrole nitrogens is 1. The van der Waals surface area contributed by atoms with E-state index >= 15 is 0 Å². The average Bonchev–Trinajstić information content (AvgIpc) is 2.89. The number of carbonyl (C=O) groups excluding carboxylic acids is 1. The third-order valence-electron chi connectivity index (χ3n) is 3.90. The lowest BCUT2D eigenvalue weighted by atomic mass is 9.76. The van der Waals surface area contributed by atoms with E-state index < -0.39 is 0 Å². The largest absolute Gasteiger partial charge is 0.357 e. The molecule has 2 atom stereocenters. The molecular weight excluding hydrogens is 238 g/mol. The fourth-order valence-electron chi connectivity index (χ4n) is 2.74. The van der Waals surface area contributed by atoms with Crippen LogP contribution in [0.2, 0.25) is 0 Å². The number of nitrogens with zero attached hydrogens (tertiary/aromatic N) is 1. The van der Waals surface area contributed by atoms with Gasteiger partial charge in [0, 0.05) is 17.8 Å². The Bertz CT molecular complexity index is 448. The van der Waals surface area contributed by atoms with Crippen molar-refractivity contribution in [1.82, 2.24) is 10.4 Å². The average molecular weight is 261 g/mol. The molecule has 19 heavy (non-hydrogen) atoms. The van der Waals surface area contributed by atoms with Crippen LogP contribution in [0.25, 0.3) is 0 Å². The summed E-state index contributed by atoms with van der Waals surface area (Å²) < 4.78 is 0. The van der Waals surface area contributed by atoms with Crippen LogP contribution in [0.1, 0.15) is 50.5 Å². The van der Waals surface area contributed by atoms with Gasteiger partial charge in [-0.05, 0) is 43.2 Å². The maximum absolute atomic E-state index is 11.9. The lowest BCUT2D eigenvalue weighted by Crippen LogP contribution is -2.31. The fraction of sp³-hybridized carbons (Fsp3) is 0.600. The van der Waals surface area contributed by atoms with Crippen molar-refractivity contribution >= 4 is 11.6 Å². The zero-order valence-corrected chi connectivity index (χ0v) is 11.9. The summed E-state index contributed by atoms with van der Waals surface area (Å²) in [5.41, 5.74) is 4.38. The summed E-state index contributed by atoms with van der Waals surface area (Å²) in [6.45, 7) is 6.70. The van der Waals surface area contributed by atoms with Gasteiger partial charge in [0.2, 0.25) is 0 Å². The number of aromatic nitrogens is 1. The van der Waals surface area contributed by atoms with E-state index in [0.29, 0.717) is 23.4 Å². The van der Waals surface area contributed by atoms with Crippen LogP contribution in [-0.2, 0) is 0 Å². The van der Waals surface area contributed by atoms with Gasteiger partial charge >= 0.3 is 0 Å². The van der Waals surface area contributed by atoms with Gasteiger partial charge in [-0.1, -0.05) is 20.8 Å². The first kappa shape index (κ1) is 13.8. The van der Waals surface area contributed by atoms with Crippen LogP contribution in [0.3, 0.4) is 0 Å². The number of aromatic amines is 1. The number of nitrogens with one attached hydrogen (secondary N) is 2. The maximum Gasteiger partial charge on any atom is 0.287 e. The summed E-state index contributed by atoms with van der Waals surface area (Å²) in [6, 6.07) is 3.56. The summed E-state index contributed by atoms with van der Waals surface area (Å²) >= 11 is 0. The molecule has 0 radical (unpaired) electrons. The molecule has 1 fully saturated rings. The van der Waals surface area contributed by atoms with Gasteiger partial charge in [0.05, 0.1) is 0 Å². The monoisotopic (exact) mass is 261 g/mol. The normalized spacial score (nSPS) is 25.8. The Labute approximate surface area is 114 Å². The van der Waals surface area contributed by atoms with Gasteiger partial charge in [-0.25, -0.2) is 5.43 Å². The highest BCUT2D eigenvalue weighted by Crippen LogP contribution is 2.31. The molecule has 1 amide bonds. The zero-order valence-electron chi connectivity index (χ0n) is 11.9. The quantitative estimate of drug-likeness (QED) is 0.807. The van der Waals surface area contributed by atoms with E-state index in [0.717, 1.165) is 12.1 Å². The third-order valence-corrected chi connectivity index (χ3v) is 3.90. The van der Waals surface area contributed by atoms with Gasteiger partial charge < -0.3 is 4.98 Å². The number of hydrazone groups is 1. The van der Waals surface area contributed by atoms with Crippen LogP contribution in [0.5, 0.6) is 0 Å². The van der Waals surface area contributed by atoms with E-state index in [1.165, 1.54) is 12.8 Å². The predicted molar refractivity (Wildman–Crippen MR) is 77.0 cm³/mol. The molecule has 2 N–H and O–H groups in total.